The zero-order valence-electron chi connectivity index (χ0n) is 12.1. The van der Waals surface area contributed by atoms with E-state index < -0.39 is 21.8 Å². The molecule has 0 saturated heterocycles. The maximum Gasteiger partial charge on any atom is 0.326 e. The zero-order valence-corrected chi connectivity index (χ0v) is 12.9. The minimum atomic E-state index is -3.39. The summed E-state index contributed by atoms with van der Waals surface area (Å²) in [7, 11) is -3.39. The van der Waals surface area contributed by atoms with Crippen LogP contribution in [-0.2, 0) is 14.6 Å². The Balaban J connectivity index is 2.27. The molecule has 21 heavy (non-hydrogen) atoms. The molecule has 1 aromatic rings. The number of aliphatic carboxylic acids is 1. The first kappa shape index (κ1) is 15.8. The maximum absolute atomic E-state index is 11.8. The topological polar surface area (TPSA) is 83.5 Å². The molecular formula is C15H21NO4S. The highest BCUT2D eigenvalue weighted by Crippen LogP contribution is 2.30. The lowest BCUT2D eigenvalue weighted by Crippen LogP contribution is -2.38. The number of hydrogen-bond acceptors (Lipinski definition) is 4. The van der Waals surface area contributed by atoms with Crippen molar-refractivity contribution in [3.05, 3.63) is 24.3 Å². The van der Waals surface area contributed by atoms with E-state index in [1.54, 1.807) is 18.2 Å². The van der Waals surface area contributed by atoms with Gasteiger partial charge in [0, 0.05) is 6.26 Å². The largest absolute Gasteiger partial charge is 0.480 e. The van der Waals surface area contributed by atoms with E-state index in [0.29, 0.717) is 5.69 Å². The molecule has 6 heteroatoms. The predicted octanol–water partition coefficient (Wildman–Crippen LogP) is 2.54. The first-order valence-corrected chi connectivity index (χ1v) is 9.07. The van der Waals surface area contributed by atoms with Gasteiger partial charge in [-0.3, -0.25) is 0 Å². The number of anilines is 1. The molecule has 0 bridgehead atoms. The summed E-state index contributed by atoms with van der Waals surface area (Å²) in [6.07, 6.45) is 6.07. The number of carboxylic acids is 1. The van der Waals surface area contributed by atoms with Gasteiger partial charge in [0.15, 0.2) is 9.84 Å². The number of sulfone groups is 1. The van der Waals surface area contributed by atoms with Gasteiger partial charge in [-0.1, -0.05) is 31.4 Å². The fourth-order valence-corrected chi connectivity index (χ4v) is 3.78. The third-order valence-corrected chi connectivity index (χ3v) is 5.14. The van der Waals surface area contributed by atoms with Gasteiger partial charge in [0.2, 0.25) is 0 Å². The van der Waals surface area contributed by atoms with Crippen LogP contribution >= 0.6 is 0 Å². The summed E-state index contributed by atoms with van der Waals surface area (Å²) in [4.78, 5) is 11.7. The number of para-hydroxylation sites is 1. The molecule has 1 saturated carbocycles. The second kappa shape index (κ2) is 6.47. The molecule has 1 aliphatic carbocycles. The molecule has 1 aliphatic rings. The third kappa shape index (κ3) is 3.97. The van der Waals surface area contributed by atoms with E-state index in [4.69, 9.17) is 0 Å². The molecule has 2 N–H and O–H groups in total. The van der Waals surface area contributed by atoms with Gasteiger partial charge in [-0.15, -0.1) is 0 Å². The molecule has 0 aromatic heterocycles. The molecule has 1 fully saturated rings. The predicted molar refractivity (Wildman–Crippen MR) is 81.2 cm³/mol. The summed E-state index contributed by atoms with van der Waals surface area (Å²) in [6, 6.07) is 5.72. The Morgan fingerprint density at radius 2 is 1.86 bits per heavy atom. The highest BCUT2D eigenvalue weighted by Gasteiger charge is 2.30. The molecule has 1 aromatic carbocycles. The summed E-state index contributed by atoms with van der Waals surface area (Å²) in [5.41, 5.74) is 0.373. The van der Waals surface area contributed by atoms with Gasteiger partial charge in [-0.2, -0.15) is 0 Å². The van der Waals surface area contributed by atoms with Crippen LogP contribution in [0.2, 0.25) is 0 Å². The lowest BCUT2D eigenvalue weighted by Gasteiger charge is -2.29. The quantitative estimate of drug-likeness (QED) is 0.873. The van der Waals surface area contributed by atoms with Gasteiger partial charge >= 0.3 is 5.97 Å². The Morgan fingerprint density at radius 1 is 1.24 bits per heavy atom. The van der Waals surface area contributed by atoms with Crippen molar-refractivity contribution in [3.63, 3.8) is 0 Å². The monoisotopic (exact) mass is 311 g/mol. The molecular weight excluding hydrogens is 290 g/mol. The molecule has 2 rings (SSSR count). The van der Waals surface area contributed by atoms with Gasteiger partial charge in [-0.25, -0.2) is 13.2 Å². The highest BCUT2D eigenvalue weighted by atomic mass is 32.2. The molecule has 5 nitrogen and oxygen atoms in total. The Morgan fingerprint density at radius 3 is 2.43 bits per heavy atom. The minimum Gasteiger partial charge on any atom is -0.480 e. The van der Waals surface area contributed by atoms with Gasteiger partial charge in [0.1, 0.15) is 6.04 Å². The normalized spacial score (nSPS) is 18.1. The summed E-state index contributed by atoms with van der Waals surface area (Å²) in [6.45, 7) is 0. The number of benzene rings is 1. The summed E-state index contributed by atoms with van der Waals surface area (Å²) >= 11 is 0. The fraction of sp³-hybridized carbons (Fsp3) is 0.533. The average molecular weight is 311 g/mol. The van der Waals surface area contributed by atoms with Crippen LogP contribution in [0.4, 0.5) is 5.69 Å². The number of rotatable bonds is 5. The van der Waals surface area contributed by atoms with Crippen molar-refractivity contribution >= 4 is 21.5 Å². The molecule has 1 unspecified atom stereocenters. The zero-order chi connectivity index (χ0) is 15.5. The van der Waals surface area contributed by atoms with Crippen LogP contribution in [0.1, 0.15) is 32.1 Å². The number of carboxylic acid groups (broad SMARTS) is 1. The summed E-state index contributed by atoms with van der Waals surface area (Å²) in [5, 5.41) is 12.4. The van der Waals surface area contributed by atoms with Crippen molar-refractivity contribution in [3.8, 4) is 0 Å². The first-order chi connectivity index (χ1) is 9.89. The van der Waals surface area contributed by atoms with Crippen LogP contribution in [-0.4, -0.2) is 31.8 Å². The van der Waals surface area contributed by atoms with Crippen LogP contribution in [0, 0.1) is 5.92 Å². The standard InChI is InChI=1S/C15H21NO4S/c1-21(19,20)13-10-6-5-9-12(13)16-14(15(17)18)11-7-3-2-4-8-11/h5-6,9-11,14,16H,2-4,7-8H2,1H3,(H,17,18). The van der Waals surface area contributed by atoms with Crippen LogP contribution in [0.25, 0.3) is 0 Å². The third-order valence-electron chi connectivity index (χ3n) is 3.98. The Kier molecular flexibility index (Phi) is 4.88. The number of hydrogen-bond donors (Lipinski definition) is 2. The van der Waals surface area contributed by atoms with Crippen molar-refractivity contribution in [1.29, 1.82) is 0 Å². The van der Waals surface area contributed by atoms with Crippen LogP contribution < -0.4 is 5.32 Å². The lowest BCUT2D eigenvalue weighted by atomic mass is 9.84. The fourth-order valence-electron chi connectivity index (χ4n) is 2.93. The second-order valence-electron chi connectivity index (χ2n) is 5.63. The molecule has 0 heterocycles. The Bertz CT molecular complexity index is 606. The van der Waals surface area contributed by atoms with Gasteiger partial charge < -0.3 is 10.4 Å². The van der Waals surface area contributed by atoms with Crippen molar-refractivity contribution < 1.29 is 18.3 Å². The van der Waals surface area contributed by atoms with Crippen molar-refractivity contribution in [2.45, 2.75) is 43.0 Å². The summed E-state index contributed by atoms with van der Waals surface area (Å²) in [5.74, 6) is -0.880. The van der Waals surface area contributed by atoms with E-state index in [0.717, 1.165) is 38.4 Å². The van der Waals surface area contributed by atoms with E-state index in [9.17, 15) is 18.3 Å². The van der Waals surface area contributed by atoms with Crippen molar-refractivity contribution in [1.82, 2.24) is 0 Å². The average Bonchev–Trinajstić information content (AvgIpc) is 2.44. The second-order valence-corrected chi connectivity index (χ2v) is 7.61. The molecule has 116 valence electrons. The first-order valence-electron chi connectivity index (χ1n) is 7.18. The highest BCUT2D eigenvalue weighted by molar-refractivity contribution is 7.90. The molecule has 0 spiro atoms. The van der Waals surface area contributed by atoms with Crippen molar-refractivity contribution in [2.24, 2.45) is 5.92 Å². The molecule has 0 amide bonds. The van der Waals surface area contributed by atoms with E-state index in [2.05, 4.69) is 5.32 Å². The van der Waals surface area contributed by atoms with Crippen LogP contribution in [0.3, 0.4) is 0 Å². The van der Waals surface area contributed by atoms with Gasteiger partial charge in [0.25, 0.3) is 0 Å². The maximum atomic E-state index is 11.8. The Hall–Kier alpha value is -1.56. The van der Waals surface area contributed by atoms with Gasteiger partial charge in [0.05, 0.1) is 10.6 Å². The molecule has 0 aliphatic heterocycles. The minimum absolute atomic E-state index is 0.0452. The number of nitrogens with one attached hydrogen (secondary N) is 1. The smallest absolute Gasteiger partial charge is 0.326 e. The Labute approximate surface area is 125 Å². The SMILES string of the molecule is CS(=O)(=O)c1ccccc1NC(C(=O)O)C1CCCCC1. The van der Waals surface area contributed by atoms with Gasteiger partial charge in [-0.05, 0) is 30.9 Å². The van der Waals surface area contributed by atoms with E-state index in [1.807, 2.05) is 0 Å². The van der Waals surface area contributed by atoms with E-state index >= 15 is 0 Å². The molecule has 1 atom stereocenters. The van der Waals surface area contributed by atoms with Crippen LogP contribution in [0.5, 0.6) is 0 Å². The van der Waals surface area contributed by atoms with Crippen LogP contribution in [0.15, 0.2) is 29.2 Å². The van der Waals surface area contributed by atoms with E-state index in [-0.39, 0.29) is 10.8 Å². The lowest BCUT2D eigenvalue weighted by molar-refractivity contribution is -0.139. The van der Waals surface area contributed by atoms with Crippen molar-refractivity contribution in [2.75, 3.05) is 11.6 Å². The van der Waals surface area contributed by atoms with E-state index in [1.165, 1.54) is 6.07 Å². The molecule has 0 radical (unpaired) electrons. The summed E-state index contributed by atoms with van der Waals surface area (Å²) < 4.78 is 23.6. The number of carbonyl (C=O) groups is 1.